The van der Waals surface area contributed by atoms with E-state index in [1.54, 1.807) is 0 Å². The lowest BCUT2D eigenvalue weighted by molar-refractivity contribution is 0.927. The van der Waals surface area contributed by atoms with Crippen LogP contribution in [0.2, 0.25) is 0 Å². The van der Waals surface area contributed by atoms with Crippen molar-refractivity contribution < 1.29 is 0 Å². The zero-order valence-corrected chi connectivity index (χ0v) is 16.0. The van der Waals surface area contributed by atoms with Gasteiger partial charge >= 0.3 is 0 Å². The molecule has 1 aliphatic heterocycles. The van der Waals surface area contributed by atoms with Crippen molar-refractivity contribution in [2.24, 2.45) is 0 Å². The van der Waals surface area contributed by atoms with E-state index in [-0.39, 0.29) is 0 Å². The first-order chi connectivity index (χ1) is 14.4. The Kier molecular flexibility index (Phi) is 3.60. The van der Waals surface area contributed by atoms with Gasteiger partial charge in [0.1, 0.15) is 0 Å². The fourth-order valence-electron chi connectivity index (χ4n) is 4.53. The second kappa shape index (κ2) is 6.42. The molecular weight excluding hydrogens is 354 g/mol. The maximum absolute atomic E-state index is 3.51. The van der Waals surface area contributed by atoms with Crippen molar-refractivity contribution in [3.05, 3.63) is 97.1 Å². The summed E-state index contributed by atoms with van der Waals surface area (Å²) in [5.41, 5.74) is 7.35. The fraction of sp³-hybridized carbons (Fsp3) is 0.0769. The zero-order chi connectivity index (χ0) is 19.2. The van der Waals surface area contributed by atoms with Gasteiger partial charge in [-0.3, -0.25) is 0 Å². The van der Waals surface area contributed by atoms with Crippen molar-refractivity contribution in [3.8, 4) is 5.69 Å². The molecule has 6 rings (SSSR count). The molecule has 0 spiro atoms. The van der Waals surface area contributed by atoms with Crippen molar-refractivity contribution >= 4 is 38.9 Å². The smallest absolute Gasteiger partial charge is 0.0647 e. The normalized spacial score (nSPS) is 13.4. The van der Waals surface area contributed by atoms with Crippen LogP contribution in [-0.4, -0.2) is 17.7 Å². The molecule has 0 bridgehead atoms. The van der Waals surface area contributed by atoms with E-state index >= 15 is 0 Å². The van der Waals surface area contributed by atoms with Gasteiger partial charge in [0, 0.05) is 35.2 Å². The summed E-state index contributed by atoms with van der Waals surface area (Å²) in [7, 11) is 0. The molecule has 0 atom stereocenters. The number of benzene rings is 4. The zero-order valence-electron chi connectivity index (χ0n) is 16.0. The van der Waals surface area contributed by atoms with Gasteiger partial charge in [-0.2, -0.15) is 0 Å². The number of nitrogens with one attached hydrogen (secondary N) is 1. The highest BCUT2D eigenvalue weighted by Crippen LogP contribution is 2.38. The van der Waals surface area contributed by atoms with Gasteiger partial charge in [-0.1, -0.05) is 48.5 Å². The highest BCUT2D eigenvalue weighted by molar-refractivity contribution is 6.10. The first kappa shape index (κ1) is 16.3. The third-order valence-electron chi connectivity index (χ3n) is 5.83. The van der Waals surface area contributed by atoms with Gasteiger partial charge in [0.2, 0.25) is 0 Å². The molecule has 1 N–H and O–H groups in total. The standard InChI is InChI=1S/C26H21N3/c1-2-8-19(9-3-1)29-24-12-6-4-10-21(24)22-18-20(14-15-25(22)29)28-17-16-27-23-11-5-7-13-26(23)28/h1-15,18,27H,16-17H2. The Bertz CT molecular complexity index is 1330. The Morgan fingerprint density at radius 3 is 2.31 bits per heavy atom. The summed E-state index contributed by atoms with van der Waals surface area (Å²) in [5.74, 6) is 0. The number of hydrogen-bond acceptors (Lipinski definition) is 2. The van der Waals surface area contributed by atoms with E-state index in [2.05, 4.69) is 112 Å². The number of anilines is 3. The fourth-order valence-corrected chi connectivity index (χ4v) is 4.53. The summed E-state index contributed by atoms with van der Waals surface area (Å²) in [6.45, 7) is 1.90. The van der Waals surface area contributed by atoms with Crippen LogP contribution in [0.5, 0.6) is 0 Å². The van der Waals surface area contributed by atoms with Crippen LogP contribution in [0.1, 0.15) is 0 Å². The van der Waals surface area contributed by atoms with Crippen molar-refractivity contribution in [3.63, 3.8) is 0 Å². The van der Waals surface area contributed by atoms with Crippen molar-refractivity contribution in [2.75, 3.05) is 23.3 Å². The first-order valence-corrected chi connectivity index (χ1v) is 10.1. The minimum absolute atomic E-state index is 0.945. The molecule has 3 heteroatoms. The van der Waals surface area contributed by atoms with Crippen LogP contribution in [0.25, 0.3) is 27.5 Å². The van der Waals surface area contributed by atoms with E-state index in [4.69, 9.17) is 0 Å². The lowest BCUT2D eigenvalue weighted by Gasteiger charge is -2.32. The van der Waals surface area contributed by atoms with Gasteiger partial charge in [0.05, 0.1) is 22.4 Å². The van der Waals surface area contributed by atoms with E-state index < -0.39 is 0 Å². The minimum atomic E-state index is 0.945. The highest BCUT2D eigenvalue weighted by atomic mass is 15.2. The number of hydrogen-bond donors (Lipinski definition) is 1. The molecule has 0 fully saturated rings. The molecule has 3 nitrogen and oxygen atoms in total. The number of fused-ring (bicyclic) bond motifs is 4. The summed E-state index contributed by atoms with van der Waals surface area (Å²) < 4.78 is 2.36. The molecule has 2 heterocycles. The molecular formula is C26H21N3. The van der Waals surface area contributed by atoms with Crippen LogP contribution in [0.4, 0.5) is 17.1 Å². The molecule has 0 radical (unpaired) electrons. The summed E-state index contributed by atoms with van der Waals surface area (Å²) in [5, 5.41) is 6.09. The lowest BCUT2D eigenvalue weighted by Crippen LogP contribution is -2.29. The van der Waals surface area contributed by atoms with Gasteiger partial charge in [0.15, 0.2) is 0 Å². The molecule has 1 aliphatic rings. The summed E-state index contributed by atoms with van der Waals surface area (Å²) in [6, 6.07) is 34.7. The topological polar surface area (TPSA) is 20.2 Å². The van der Waals surface area contributed by atoms with E-state index in [1.807, 2.05) is 0 Å². The summed E-state index contributed by atoms with van der Waals surface area (Å²) >= 11 is 0. The minimum Gasteiger partial charge on any atom is -0.382 e. The Morgan fingerprint density at radius 1 is 0.621 bits per heavy atom. The number of aromatic nitrogens is 1. The second-order valence-electron chi connectivity index (χ2n) is 7.49. The first-order valence-electron chi connectivity index (χ1n) is 10.1. The average molecular weight is 375 g/mol. The Morgan fingerprint density at radius 2 is 1.38 bits per heavy atom. The average Bonchev–Trinajstić information content (AvgIpc) is 3.13. The molecule has 1 aromatic heterocycles. The van der Waals surface area contributed by atoms with Crippen LogP contribution in [-0.2, 0) is 0 Å². The molecule has 4 aromatic carbocycles. The number of para-hydroxylation sites is 4. The van der Waals surface area contributed by atoms with Crippen LogP contribution in [0.15, 0.2) is 97.1 Å². The predicted molar refractivity (Wildman–Crippen MR) is 123 cm³/mol. The van der Waals surface area contributed by atoms with Crippen LogP contribution < -0.4 is 10.2 Å². The van der Waals surface area contributed by atoms with E-state index in [9.17, 15) is 0 Å². The third kappa shape index (κ3) is 2.51. The molecule has 5 aromatic rings. The van der Waals surface area contributed by atoms with Gasteiger partial charge < -0.3 is 14.8 Å². The lowest BCUT2D eigenvalue weighted by atomic mass is 10.1. The molecule has 0 amide bonds. The highest BCUT2D eigenvalue weighted by Gasteiger charge is 2.19. The van der Waals surface area contributed by atoms with E-state index in [1.165, 1.54) is 44.6 Å². The SMILES string of the molecule is c1ccc(-n2c3ccccc3c3cc(N4CCNc5ccccc54)ccc32)cc1. The molecule has 0 aliphatic carbocycles. The molecule has 0 unspecified atom stereocenters. The van der Waals surface area contributed by atoms with E-state index in [0.29, 0.717) is 0 Å². The third-order valence-corrected chi connectivity index (χ3v) is 5.83. The molecule has 0 saturated carbocycles. The van der Waals surface area contributed by atoms with Crippen LogP contribution in [0.3, 0.4) is 0 Å². The van der Waals surface area contributed by atoms with Gasteiger partial charge in [-0.05, 0) is 48.5 Å². The Balaban J connectivity index is 1.60. The van der Waals surface area contributed by atoms with E-state index in [0.717, 1.165) is 13.1 Å². The van der Waals surface area contributed by atoms with Gasteiger partial charge in [-0.25, -0.2) is 0 Å². The van der Waals surface area contributed by atoms with Crippen LogP contribution >= 0.6 is 0 Å². The quantitative estimate of drug-likeness (QED) is 0.388. The summed E-state index contributed by atoms with van der Waals surface area (Å²) in [4.78, 5) is 2.42. The van der Waals surface area contributed by atoms with Crippen LogP contribution in [0, 0.1) is 0 Å². The maximum atomic E-state index is 3.51. The number of rotatable bonds is 2. The largest absolute Gasteiger partial charge is 0.382 e. The number of nitrogens with zero attached hydrogens (tertiary/aromatic N) is 2. The molecule has 29 heavy (non-hydrogen) atoms. The van der Waals surface area contributed by atoms with Gasteiger partial charge in [-0.15, -0.1) is 0 Å². The predicted octanol–water partition coefficient (Wildman–Crippen LogP) is 6.35. The van der Waals surface area contributed by atoms with Crippen molar-refractivity contribution in [1.29, 1.82) is 0 Å². The van der Waals surface area contributed by atoms with Crippen molar-refractivity contribution in [2.45, 2.75) is 0 Å². The maximum Gasteiger partial charge on any atom is 0.0647 e. The Hall–Kier alpha value is -3.72. The molecule has 140 valence electrons. The Labute approximate surface area is 169 Å². The van der Waals surface area contributed by atoms with Crippen molar-refractivity contribution in [1.82, 2.24) is 4.57 Å². The monoisotopic (exact) mass is 375 g/mol. The molecule has 0 saturated heterocycles. The summed E-state index contributed by atoms with van der Waals surface area (Å²) in [6.07, 6.45) is 0. The van der Waals surface area contributed by atoms with Gasteiger partial charge in [0.25, 0.3) is 0 Å². The second-order valence-corrected chi connectivity index (χ2v) is 7.49.